The van der Waals surface area contributed by atoms with Gasteiger partial charge in [0.2, 0.25) is 5.95 Å². The minimum atomic E-state index is 0.544. The van der Waals surface area contributed by atoms with Crippen LogP contribution in [0.1, 0.15) is 0 Å². The Morgan fingerprint density at radius 3 is 1.30 bits per heavy atom. The summed E-state index contributed by atoms with van der Waals surface area (Å²) >= 11 is 0. The third-order valence-corrected chi connectivity index (χ3v) is 13.7. The first kappa shape index (κ1) is 38.8. The van der Waals surface area contributed by atoms with Crippen LogP contribution in [0.25, 0.3) is 128 Å². The Labute approximate surface area is 397 Å². The maximum atomic E-state index is 5.46. The monoisotopic (exact) mass is 880 g/mol. The fourth-order valence-electron chi connectivity index (χ4n) is 10.6. The van der Waals surface area contributed by atoms with Gasteiger partial charge in [-0.3, -0.25) is 4.57 Å². The van der Waals surface area contributed by atoms with Gasteiger partial charge in [-0.15, -0.1) is 0 Å². The van der Waals surface area contributed by atoms with E-state index in [9.17, 15) is 0 Å². The van der Waals surface area contributed by atoms with Crippen molar-refractivity contribution in [2.45, 2.75) is 0 Å². The summed E-state index contributed by atoms with van der Waals surface area (Å²) in [7, 11) is 0. The number of aromatic nitrogens is 6. The zero-order valence-electron chi connectivity index (χ0n) is 37.3. The van der Waals surface area contributed by atoms with Crippen LogP contribution < -0.4 is 0 Å². The van der Waals surface area contributed by atoms with Crippen molar-refractivity contribution in [1.82, 2.24) is 28.7 Å². The van der Waals surface area contributed by atoms with Crippen molar-refractivity contribution in [3.05, 3.63) is 243 Å². The van der Waals surface area contributed by atoms with E-state index in [1.807, 2.05) is 24.3 Å². The van der Waals surface area contributed by atoms with Gasteiger partial charge in [0.15, 0.2) is 11.6 Å². The van der Waals surface area contributed by atoms with E-state index in [1.54, 1.807) is 0 Å². The van der Waals surface area contributed by atoms with Gasteiger partial charge in [-0.25, -0.2) is 4.98 Å². The van der Waals surface area contributed by atoms with Gasteiger partial charge in [-0.05, 0) is 70.8 Å². The van der Waals surface area contributed by atoms with E-state index in [1.165, 1.54) is 21.9 Å². The molecule has 0 atom stereocenters. The highest BCUT2D eigenvalue weighted by Crippen LogP contribution is 2.47. The lowest BCUT2D eigenvalue weighted by molar-refractivity contribution is 0.953. The highest BCUT2D eigenvalue weighted by molar-refractivity contribution is 6.31. The van der Waals surface area contributed by atoms with Gasteiger partial charge in [0, 0.05) is 49.1 Å². The molecule has 0 fully saturated rings. The molecule has 4 heterocycles. The molecule has 0 aliphatic carbocycles. The zero-order chi connectivity index (χ0) is 45.4. The summed E-state index contributed by atoms with van der Waals surface area (Å²) in [6.45, 7) is 0. The summed E-state index contributed by atoms with van der Waals surface area (Å²) in [4.78, 5) is 16.1. The molecule has 6 nitrogen and oxygen atoms in total. The molecule has 0 aliphatic rings. The average Bonchev–Trinajstić information content (AvgIpc) is 4.07. The Balaban J connectivity index is 1.13. The molecule has 0 saturated carbocycles. The number of para-hydroxylation sites is 4. The summed E-state index contributed by atoms with van der Waals surface area (Å²) in [6.07, 6.45) is 0. The lowest BCUT2D eigenvalue weighted by atomic mass is 10.0. The van der Waals surface area contributed by atoms with Crippen molar-refractivity contribution in [3.8, 4) is 62.4 Å². The fraction of sp³-hybridized carbons (Fsp3) is 0. The Hall–Kier alpha value is -9.39. The highest BCUT2D eigenvalue weighted by Gasteiger charge is 2.27. The van der Waals surface area contributed by atoms with E-state index < -0.39 is 0 Å². The van der Waals surface area contributed by atoms with Gasteiger partial charge in [0.05, 0.1) is 38.8 Å². The van der Waals surface area contributed by atoms with Crippen LogP contribution in [-0.2, 0) is 0 Å². The third-order valence-electron chi connectivity index (χ3n) is 13.7. The van der Waals surface area contributed by atoms with Crippen molar-refractivity contribution < 1.29 is 0 Å². The van der Waals surface area contributed by atoms with Crippen LogP contribution in [0.5, 0.6) is 0 Å². The first-order valence-electron chi connectivity index (χ1n) is 23.4. The standard InChI is InChI=1S/C63H40N6/c1-4-19-41(20-5-1)43-35-37-47(38-36-43)67-54-33-16-13-30-51(54)59-58-50-29-12-17-34-55(50)69(56(58)40-57(60(59)67)68-52-31-14-10-27-48(52)49-28-11-15-32-53(49)68)63-65-61(44-23-8-3-9-24-44)64-62(66-63)46-26-18-25-45(39-46)42-21-6-2-7-22-42/h1-40H. The molecule has 0 aliphatic heterocycles. The highest BCUT2D eigenvalue weighted by atomic mass is 15.2. The second-order valence-electron chi connectivity index (χ2n) is 17.6. The molecule has 0 unspecified atom stereocenters. The maximum Gasteiger partial charge on any atom is 0.238 e. The summed E-state index contributed by atoms with van der Waals surface area (Å²) in [6, 6.07) is 86.3. The number of hydrogen-bond donors (Lipinski definition) is 0. The summed E-state index contributed by atoms with van der Waals surface area (Å²) in [5.74, 6) is 1.75. The van der Waals surface area contributed by atoms with E-state index in [2.05, 4.69) is 232 Å². The second kappa shape index (κ2) is 15.6. The van der Waals surface area contributed by atoms with Crippen molar-refractivity contribution in [3.63, 3.8) is 0 Å². The van der Waals surface area contributed by atoms with Gasteiger partial charge in [-0.1, -0.05) is 194 Å². The van der Waals surface area contributed by atoms with Crippen LogP contribution in [-0.4, -0.2) is 28.7 Å². The van der Waals surface area contributed by atoms with Crippen LogP contribution in [0.4, 0.5) is 0 Å². The molecule has 0 N–H and O–H groups in total. The number of rotatable bonds is 7. The van der Waals surface area contributed by atoms with Crippen LogP contribution in [0.15, 0.2) is 243 Å². The molecule has 0 amide bonds. The van der Waals surface area contributed by atoms with Gasteiger partial charge < -0.3 is 9.13 Å². The Bertz CT molecular complexity index is 4230. The van der Waals surface area contributed by atoms with E-state index >= 15 is 0 Å². The normalized spacial score (nSPS) is 11.8. The third kappa shape index (κ3) is 6.16. The number of nitrogens with zero attached hydrogens (tertiary/aromatic N) is 6. The van der Waals surface area contributed by atoms with E-state index in [-0.39, 0.29) is 0 Å². The molecule has 14 aromatic rings. The lowest BCUT2D eigenvalue weighted by Gasteiger charge is -2.16. The first-order chi connectivity index (χ1) is 34.2. The van der Waals surface area contributed by atoms with Crippen LogP contribution in [0.2, 0.25) is 0 Å². The van der Waals surface area contributed by atoms with Crippen LogP contribution >= 0.6 is 0 Å². The van der Waals surface area contributed by atoms with E-state index in [0.29, 0.717) is 17.6 Å². The summed E-state index contributed by atoms with van der Waals surface area (Å²) in [5, 5.41) is 6.97. The predicted molar refractivity (Wildman–Crippen MR) is 285 cm³/mol. The molecule has 0 saturated heterocycles. The molecule has 0 radical (unpaired) electrons. The zero-order valence-corrected chi connectivity index (χ0v) is 37.3. The van der Waals surface area contributed by atoms with E-state index in [4.69, 9.17) is 15.0 Å². The smallest absolute Gasteiger partial charge is 0.238 e. The van der Waals surface area contributed by atoms with E-state index in [0.717, 1.165) is 88.3 Å². The Morgan fingerprint density at radius 2 is 0.696 bits per heavy atom. The van der Waals surface area contributed by atoms with Crippen LogP contribution in [0.3, 0.4) is 0 Å². The van der Waals surface area contributed by atoms with Crippen molar-refractivity contribution >= 4 is 65.4 Å². The Morgan fingerprint density at radius 1 is 0.261 bits per heavy atom. The molecule has 14 rings (SSSR count). The molecule has 10 aromatic carbocycles. The average molecular weight is 881 g/mol. The van der Waals surface area contributed by atoms with Gasteiger partial charge in [0.25, 0.3) is 0 Å². The SMILES string of the molecule is c1ccc(-c2ccc(-n3c4ccccc4c4c5c6ccccc6n(-c6nc(-c7ccccc7)nc(-c7cccc(-c8ccccc8)c7)n6)c5cc(-n5c6ccccc6c6ccccc65)c43)cc2)cc1. The number of benzene rings is 10. The predicted octanol–water partition coefficient (Wildman–Crippen LogP) is 15.8. The molecule has 6 heteroatoms. The molecule has 69 heavy (non-hydrogen) atoms. The maximum absolute atomic E-state index is 5.46. The topological polar surface area (TPSA) is 53.5 Å². The largest absolute Gasteiger partial charge is 0.307 e. The van der Waals surface area contributed by atoms with Crippen molar-refractivity contribution in [2.24, 2.45) is 0 Å². The minimum Gasteiger partial charge on any atom is -0.307 e. The van der Waals surface area contributed by atoms with Crippen molar-refractivity contribution in [2.75, 3.05) is 0 Å². The van der Waals surface area contributed by atoms with Crippen molar-refractivity contribution in [1.29, 1.82) is 0 Å². The molecular formula is C63H40N6. The quantitative estimate of drug-likeness (QED) is 0.160. The number of fused-ring (bicyclic) bond motifs is 10. The molecule has 322 valence electrons. The molecule has 0 spiro atoms. The summed E-state index contributed by atoms with van der Waals surface area (Å²) < 4.78 is 7.20. The molecule has 4 aromatic heterocycles. The first-order valence-corrected chi connectivity index (χ1v) is 23.4. The lowest BCUT2D eigenvalue weighted by Crippen LogP contribution is -2.07. The van der Waals surface area contributed by atoms with Gasteiger partial charge >= 0.3 is 0 Å². The minimum absolute atomic E-state index is 0.544. The Kier molecular flexibility index (Phi) is 8.79. The summed E-state index contributed by atoms with van der Waals surface area (Å²) in [5.41, 5.74) is 15.0. The van der Waals surface area contributed by atoms with Gasteiger partial charge in [-0.2, -0.15) is 9.97 Å². The second-order valence-corrected chi connectivity index (χ2v) is 17.6. The molecular weight excluding hydrogens is 841 g/mol. The number of hydrogen-bond acceptors (Lipinski definition) is 3. The van der Waals surface area contributed by atoms with Crippen LogP contribution in [0, 0.1) is 0 Å². The fourth-order valence-corrected chi connectivity index (χ4v) is 10.6. The van der Waals surface area contributed by atoms with Gasteiger partial charge in [0.1, 0.15) is 0 Å². The molecule has 0 bridgehead atoms.